The van der Waals surface area contributed by atoms with Crippen LogP contribution < -0.4 is 5.56 Å². The minimum Gasteiger partial charge on any atom is -0.340 e. The number of carbonyl (C=O) groups is 1. The molecule has 0 bridgehead atoms. The van der Waals surface area contributed by atoms with Crippen molar-refractivity contribution in [1.82, 2.24) is 29.0 Å². The van der Waals surface area contributed by atoms with Crippen molar-refractivity contribution in [3.05, 3.63) is 27.6 Å². The molecule has 1 aliphatic heterocycles. The van der Waals surface area contributed by atoms with Crippen LogP contribution in [0.5, 0.6) is 0 Å². The number of fused-ring (bicyclic) bond motifs is 3. The Kier molecular flexibility index (Phi) is 6.28. The number of thiophene rings is 1. The molecular weight excluding hydrogens is 424 g/mol. The fraction of sp³-hybridized carbons (Fsp3) is 0.652. The summed E-state index contributed by atoms with van der Waals surface area (Å²) in [4.78, 5) is 30.1. The number of nitrogens with zero attached hydrogens (tertiary/aromatic N) is 6. The van der Waals surface area contributed by atoms with Gasteiger partial charge in [-0.25, -0.2) is 0 Å². The van der Waals surface area contributed by atoms with Crippen molar-refractivity contribution in [2.24, 2.45) is 0 Å². The molecule has 0 spiro atoms. The normalized spacial score (nSPS) is 18.7. The molecule has 172 valence electrons. The molecule has 3 aromatic heterocycles. The van der Waals surface area contributed by atoms with Crippen LogP contribution in [0.2, 0.25) is 0 Å². The number of aromatic nitrogens is 4. The van der Waals surface area contributed by atoms with Gasteiger partial charge in [0, 0.05) is 51.6 Å². The molecule has 2 fully saturated rings. The molecule has 5 rings (SSSR count). The molecule has 1 amide bonds. The number of piperazine rings is 1. The molecule has 0 radical (unpaired) electrons. The molecule has 2 aliphatic rings. The van der Waals surface area contributed by atoms with Gasteiger partial charge in [-0.1, -0.05) is 19.3 Å². The Bertz CT molecular complexity index is 1150. The van der Waals surface area contributed by atoms with E-state index in [1.807, 2.05) is 27.7 Å². The molecule has 1 aliphatic carbocycles. The lowest BCUT2D eigenvalue weighted by atomic mass is 9.94. The molecule has 3 aromatic rings. The van der Waals surface area contributed by atoms with Gasteiger partial charge in [-0.2, -0.15) is 0 Å². The lowest BCUT2D eigenvalue weighted by Gasteiger charge is -2.40. The van der Waals surface area contributed by atoms with E-state index in [9.17, 15) is 9.59 Å². The van der Waals surface area contributed by atoms with E-state index < -0.39 is 0 Å². The predicted octanol–water partition coefficient (Wildman–Crippen LogP) is 2.93. The average Bonchev–Trinajstić information content (AvgIpc) is 3.48. The van der Waals surface area contributed by atoms with E-state index in [1.165, 1.54) is 43.4 Å². The second kappa shape index (κ2) is 9.31. The van der Waals surface area contributed by atoms with Gasteiger partial charge in [0.1, 0.15) is 10.5 Å². The zero-order chi connectivity index (χ0) is 22.1. The molecule has 0 N–H and O–H groups in total. The third-order valence-electron chi connectivity index (χ3n) is 7.14. The van der Waals surface area contributed by atoms with Crippen LogP contribution in [0, 0.1) is 0 Å². The summed E-state index contributed by atoms with van der Waals surface area (Å²) in [7, 11) is 0. The van der Waals surface area contributed by atoms with Gasteiger partial charge in [0.2, 0.25) is 11.7 Å². The van der Waals surface area contributed by atoms with Crippen molar-refractivity contribution < 1.29 is 4.79 Å². The van der Waals surface area contributed by atoms with Gasteiger partial charge in [-0.3, -0.25) is 23.5 Å². The Balaban J connectivity index is 1.20. The third-order valence-corrected chi connectivity index (χ3v) is 8.04. The molecule has 1 saturated carbocycles. The smallest absolute Gasteiger partial charge is 0.272 e. The minimum atomic E-state index is -0.00787. The van der Waals surface area contributed by atoms with Crippen LogP contribution >= 0.6 is 11.3 Å². The summed E-state index contributed by atoms with van der Waals surface area (Å²) < 4.78 is 4.39. The lowest BCUT2D eigenvalue weighted by Crippen LogP contribution is -2.52. The van der Waals surface area contributed by atoms with Crippen molar-refractivity contribution in [1.29, 1.82) is 0 Å². The van der Waals surface area contributed by atoms with Gasteiger partial charge in [0.25, 0.3) is 5.56 Å². The Morgan fingerprint density at radius 1 is 1.12 bits per heavy atom. The highest BCUT2D eigenvalue weighted by Crippen LogP contribution is 2.24. The minimum absolute atomic E-state index is 0.00787. The largest absolute Gasteiger partial charge is 0.340 e. The zero-order valence-corrected chi connectivity index (χ0v) is 19.6. The van der Waals surface area contributed by atoms with Gasteiger partial charge in [0.05, 0.1) is 5.52 Å². The summed E-state index contributed by atoms with van der Waals surface area (Å²) in [5.41, 5.74) is 0.858. The number of aryl methyl sites for hydroxylation is 2. The maximum absolute atomic E-state index is 12.8. The summed E-state index contributed by atoms with van der Waals surface area (Å²) in [6, 6.07) is 2.69. The van der Waals surface area contributed by atoms with E-state index in [2.05, 4.69) is 15.1 Å². The number of amides is 1. The van der Waals surface area contributed by atoms with Crippen molar-refractivity contribution in [2.75, 3.05) is 26.2 Å². The van der Waals surface area contributed by atoms with Crippen molar-refractivity contribution >= 4 is 33.2 Å². The van der Waals surface area contributed by atoms with Crippen LogP contribution in [0.3, 0.4) is 0 Å². The van der Waals surface area contributed by atoms with Crippen molar-refractivity contribution in [3.63, 3.8) is 0 Å². The molecule has 4 heterocycles. The predicted molar refractivity (Wildman–Crippen MR) is 126 cm³/mol. The molecule has 8 nitrogen and oxygen atoms in total. The second-order valence-electron chi connectivity index (χ2n) is 9.00. The number of hydrogen-bond donors (Lipinski definition) is 0. The first-order valence-electron chi connectivity index (χ1n) is 12.0. The van der Waals surface area contributed by atoms with Gasteiger partial charge < -0.3 is 4.90 Å². The van der Waals surface area contributed by atoms with Crippen LogP contribution in [0.4, 0.5) is 0 Å². The molecule has 32 heavy (non-hydrogen) atoms. The molecule has 0 aromatic carbocycles. The summed E-state index contributed by atoms with van der Waals surface area (Å²) in [6.45, 7) is 6.22. The van der Waals surface area contributed by atoms with Gasteiger partial charge in [0.15, 0.2) is 0 Å². The first-order chi connectivity index (χ1) is 15.7. The monoisotopic (exact) mass is 456 g/mol. The summed E-state index contributed by atoms with van der Waals surface area (Å²) in [5.74, 6) is 1.65. The summed E-state index contributed by atoms with van der Waals surface area (Å²) in [6.07, 6.45) is 8.66. The maximum Gasteiger partial charge on any atom is 0.272 e. The molecule has 0 atom stereocenters. The quantitative estimate of drug-likeness (QED) is 0.570. The van der Waals surface area contributed by atoms with E-state index in [1.54, 1.807) is 4.57 Å². The Labute approximate surface area is 191 Å². The third kappa shape index (κ3) is 3.96. The van der Waals surface area contributed by atoms with E-state index in [0.717, 1.165) is 54.7 Å². The molecule has 9 heteroatoms. The number of carbonyl (C=O) groups excluding carboxylic acids is 1. The highest BCUT2D eigenvalue weighted by molar-refractivity contribution is 7.17. The van der Waals surface area contributed by atoms with Crippen LogP contribution in [-0.2, 0) is 17.8 Å². The zero-order valence-electron chi connectivity index (χ0n) is 18.8. The molecule has 1 saturated heterocycles. The van der Waals surface area contributed by atoms with Crippen LogP contribution in [0.15, 0.2) is 16.2 Å². The second-order valence-corrected chi connectivity index (χ2v) is 9.91. The number of rotatable bonds is 6. The highest BCUT2D eigenvalue weighted by atomic mass is 32.1. The van der Waals surface area contributed by atoms with E-state index in [-0.39, 0.29) is 11.5 Å². The van der Waals surface area contributed by atoms with Gasteiger partial charge >= 0.3 is 0 Å². The van der Waals surface area contributed by atoms with Crippen LogP contribution in [0.25, 0.3) is 16.0 Å². The van der Waals surface area contributed by atoms with E-state index in [0.29, 0.717) is 25.2 Å². The lowest BCUT2D eigenvalue weighted by molar-refractivity contribution is -0.133. The van der Waals surface area contributed by atoms with Crippen molar-refractivity contribution in [2.45, 2.75) is 70.9 Å². The number of hydrogen-bond acceptors (Lipinski definition) is 6. The fourth-order valence-electron chi connectivity index (χ4n) is 5.37. The first-order valence-corrected chi connectivity index (χ1v) is 12.9. The molecule has 0 unspecified atom stereocenters. The van der Waals surface area contributed by atoms with E-state index in [4.69, 9.17) is 0 Å². The van der Waals surface area contributed by atoms with Crippen LogP contribution in [0.1, 0.15) is 57.7 Å². The summed E-state index contributed by atoms with van der Waals surface area (Å²) >= 11 is 1.45. The van der Waals surface area contributed by atoms with Gasteiger partial charge in [-0.05, 0) is 37.6 Å². The SMILES string of the molecule is CCn1c(=O)c2sccc2n2c(CCCC(=O)N3CCN(C4CCCCC4)CC3)nnc12. The van der Waals surface area contributed by atoms with E-state index >= 15 is 0 Å². The summed E-state index contributed by atoms with van der Waals surface area (Å²) in [5, 5.41) is 10.6. The van der Waals surface area contributed by atoms with Gasteiger partial charge in [-0.15, -0.1) is 21.5 Å². The molecular formula is C23H32N6O2S. The fourth-order valence-corrected chi connectivity index (χ4v) is 6.19. The van der Waals surface area contributed by atoms with Crippen LogP contribution in [-0.4, -0.2) is 67.1 Å². The Hall–Kier alpha value is -2.26. The maximum atomic E-state index is 12.8. The van der Waals surface area contributed by atoms with Crippen molar-refractivity contribution in [3.8, 4) is 0 Å². The Morgan fingerprint density at radius 3 is 2.66 bits per heavy atom. The standard InChI is InChI=1S/C23H32N6O2S/c1-2-28-22(31)21-18(11-16-32-21)29-19(24-25-23(28)29)9-6-10-20(30)27-14-12-26(13-15-27)17-7-4-3-5-8-17/h11,16-17H,2-10,12-15H2,1H3. The average molecular weight is 457 g/mol. The topological polar surface area (TPSA) is 75.7 Å². The highest BCUT2D eigenvalue weighted by Gasteiger charge is 2.27. The first kappa shape index (κ1) is 21.6. The Morgan fingerprint density at radius 2 is 1.91 bits per heavy atom.